The van der Waals surface area contributed by atoms with Gasteiger partial charge in [0.05, 0.1) is 0 Å². The number of nitrogens with zero attached hydrogens (tertiary/aromatic N) is 2. The van der Waals surface area contributed by atoms with Gasteiger partial charge in [-0.1, -0.05) is 40.7 Å². The number of nitrogens with one attached hydrogen (secondary N) is 1. The molecule has 17 heavy (non-hydrogen) atoms. The summed E-state index contributed by atoms with van der Waals surface area (Å²) in [6, 6.07) is 4.68. The van der Waals surface area contributed by atoms with E-state index in [1.165, 1.54) is 23.9 Å². The second-order valence-electron chi connectivity index (χ2n) is 3.44. The first kappa shape index (κ1) is 12.6. The fourth-order valence-corrected chi connectivity index (χ4v) is 2.78. The molecule has 3 nitrogen and oxygen atoms in total. The van der Waals surface area contributed by atoms with Gasteiger partial charge in [0.25, 0.3) is 0 Å². The molecule has 0 aliphatic carbocycles. The molecule has 1 heterocycles. The van der Waals surface area contributed by atoms with Crippen LogP contribution in [0.2, 0.25) is 0 Å². The Balaban J connectivity index is 2.02. The minimum atomic E-state index is -0.239. The van der Waals surface area contributed by atoms with Gasteiger partial charge in [-0.15, -0.1) is 5.10 Å². The van der Waals surface area contributed by atoms with Gasteiger partial charge in [-0.05, 0) is 17.7 Å². The molecule has 0 bridgehead atoms. The van der Waals surface area contributed by atoms with Crippen molar-refractivity contribution in [3.63, 3.8) is 0 Å². The zero-order valence-corrected chi connectivity index (χ0v) is 11.6. The molecular formula is C11H11BrFN3S. The largest absolute Gasteiger partial charge is 0.262 e. The van der Waals surface area contributed by atoms with Crippen LogP contribution in [0.5, 0.6) is 0 Å². The van der Waals surface area contributed by atoms with Crippen LogP contribution in [0.3, 0.4) is 0 Å². The van der Waals surface area contributed by atoms with E-state index in [1.807, 2.05) is 6.92 Å². The molecular weight excluding hydrogens is 305 g/mol. The molecule has 2 rings (SSSR count). The first-order chi connectivity index (χ1) is 8.19. The third-order valence-corrected chi connectivity index (χ3v) is 3.85. The number of aromatic amines is 1. The highest BCUT2D eigenvalue weighted by molar-refractivity contribution is 9.10. The first-order valence-corrected chi connectivity index (χ1v) is 6.95. The minimum absolute atomic E-state index is 0.239. The molecule has 0 aliphatic heterocycles. The summed E-state index contributed by atoms with van der Waals surface area (Å²) in [7, 11) is 0. The van der Waals surface area contributed by atoms with Crippen molar-refractivity contribution < 1.29 is 4.39 Å². The highest BCUT2D eigenvalue weighted by Gasteiger charge is 2.06. The molecule has 0 radical (unpaired) electrons. The van der Waals surface area contributed by atoms with Crippen LogP contribution in [0, 0.1) is 5.82 Å². The van der Waals surface area contributed by atoms with Crippen LogP contribution < -0.4 is 0 Å². The highest BCUT2D eigenvalue weighted by atomic mass is 79.9. The molecule has 0 spiro atoms. The Morgan fingerprint density at radius 1 is 1.47 bits per heavy atom. The Morgan fingerprint density at radius 3 is 2.94 bits per heavy atom. The lowest BCUT2D eigenvalue weighted by Crippen LogP contribution is -1.86. The summed E-state index contributed by atoms with van der Waals surface area (Å²) in [4.78, 5) is 4.30. The van der Waals surface area contributed by atoms with E-state index in [4.69, 9.17) is 0 Å². The highest BCUT2D eigenvalue weighted by Crippen LogP contribution is 2.25. The maximum Gasteiger partial charge on any atom is 0.208 e. The van der Waals surface area contributed by atoms with E-state index in [9.17, 15) is 4.39 Å². The number of hydrogen-bond acceptors (Lipinski definition) is 3. The van der Waals surface area contributed by atoms with Crippen molar-refractivity contribution in [1.29, 1.82) is 0 Å². The second-order valence-corrected chi connectivity index (χ2v) is 5.24. The Hall–Kier alpha value is -0.880. The topological polar surface area (TPSA) is 41.6 Å². The second kappa shape index (κ2) is 5.64. The molecule has 90 valence electrons. The SMILES string of the molecule is CCc1nc(SCc2ccc(F)cc2Br)n[nH]1. The normalized spacial score (nSPS) is 10.8. The summed E-state index contributed by atoms with van der Waals surface area (Å²) in [5, 5.41) is 7.67. The number of thioether (sulfide) groups is 1. The molecule has 1 aromatic heterocycles. The van der Waals surface area contributed by atoms with E-state index in [2.05, 4.69) is 31.1 Å². The van der Waals surface area contributed by atoms with Crippen molar-refractivity contribution in [2.75, 3.05) is 0 Å². The van der Waals surface area contributed by atoms with Crippen molar-refractivity contribution in [1.82, 2.24) is 15.2 Å². The predicted octanol–water partition coefficient (Wildman–Crippen LogP) is 3.56. The van der Waals surface area contributed by atoms with Gasteiger partial charge in [-0.2, -0.15) is 0 Å². The Kier molecular flexibility index (Phi) is 4.17. The third kappa shape index (κ3) is 3.29. The Bertz CT molecular complexity index is 515. The number of hydrogen-bond donors (Lipinski definition) is 1. The maximum absolute atomic E-state index is 12.9. The lowest BCUT2D eigenvalue weighted by molar-refractivity contribution is 0.626. The molecule has 0 amide bonds. The van der Waals surface area contributed by atoms with Crippen LogP contribution in [0.1, 0.15) is 18.3 Å². The lowest BCUT2D eigenvalue weighted by Gasteiger charge is -2.02. The van der Waals surface area contributed by atoms with Gasteiger partial charge in [0, 0.05) is 16.6 Å². The monoisotopic (exact) mass is 315 g/mol. The van der Waals surface area contributed by atoms with E-state index in [1.54, 1.807) is 6.07 Å². The molecule has 6 heteroatoms. The smallest absolute Gasteiger partial charge is 0.208 e. The molecule has 1 aromatic carbocycles. The van der Waals surface area contributed by atoms with Gasteiger partial charge >= 0.3 is 0 Å². The van der Waals surface area contributed by atoms with E-state index in [0.717, 1.165) is 27.4 Å². The zero-order chi connectivity index (χ0) is 12.3. The molecule has 0 saturated heterocycles. The molecule has 1 N–H and O–H groups in total. The molecule has 0 aliphatic rings. The Morgan fingerprint density at radius 2 is 2.29 bits per heavy atom. The fraction of sp³-hybridized carbons (Fsp3) is 0.273. The van der Waals surface area contributed by atoms with E-state index < -0.39 is 0 Å². The molecule has 0 unspecified atom stereocenters. The van der Waals surface area contributed by atoms with E-state index in [0.29, 0.717) is 5.75 Å². The molecule has 0 atom stereocenters. The molecule has 0 fully saturated rings. The van der Waals surface area contributed by atoms with Crippen LogP contribution in [-0.2, 0) is 12.2 Å². The summed E-state index contributed by atoms with van der Waals surface area (Å²) in [5.41, 5.74) is 1.03. The lowest BCUT2D eigenvalue weighted by atomic mass is 10.2. The Labute approximate surface area is 111 Å². The van der Waals surface area contributed by atoms with Crippen molar-refractivity contribution >= 4 is 27.7 Å². The van der Waals surface area contributed by atoms with Crippen LogP contribution in [0.25, 0.3) is 0 Å². The van der Waals surface area contributed by atoms with Gasteiger partial charge in [-0.3, -0.25) is 5.10 Å². The number of rotatable bonds is 4. The summed E-state index contributed by atoms with van der Waals surface area (Å²) in [5.74, 6) is 1.35. The standard InChI is InChI=1S/C11H11BrFN3S/c1-2-10-14-11(16-15-10)17-6-7-3-4-8(13)5-9(7)12/h3-5H,2,6H2,1H3,(H,14,15,16). The quantitative estimate of drug-likeness (QED) is 0.877. The summed E-state index contributed by atoms with van der Waals surface area (Å²) in [6.45, 7) is 2.02. The van der Waals surface area contributed by atoms with E-state index in [-0.39, 0.29) is 5.82 Å². The van der Waals surface area contributed by atoms with Crippen LogP contribution in [0.15, 0.2) is 27.8 Å². The van der Waals surface area contributed by atoms with Crippen LogP contribution >= 0.6 is 27.7 Å². The third-order valence-electron chi connectivity index (χ3n) is 2.22. The first-order valence-electron chi connectivity index (χ1n) is 5.17. The summed E-state index contributed by atoms with van der Waals surface area (Å²) >= 11 is 4.86. The summed E-state index contributed by atoms with van der Waals surface area (Å²) < 4.78 is 13.7. The molecule has 0 saturated carbocycles. The summed E-state index contributed by atoms with van der Waals surface area (Å²) in [6.07, 6.45) is 0.841. The molecule has 2 aromatic rings. The van der Waals surface area contributed by atoms with Crippen LogP contribution in [0.4, 0.5) is 4.39 Å². The number of aryl methyl sites for hydroxylation is 1. The van der Waals surface area contributed by atoms with Gasteiger partial charge in [0.15, 0.2) is 0 Å². The van der Waals surface area contributed by atoms with Crippen LogP contribution in [-0.4, -0.2) is 15.2 Å². The van der Waals surface area contributed by atoms with Gasteiger partial charge < -0.3 is 0 Å². The maximum atomic E-state index is 12.9. The van der Waals surface area contributed by atoms with Crippen molar-refractivity contribution in [2.24, 2.45) is 0 Å². The fourth-order valence-electron chi connectivity index (χ4n) is 1.28. The number of benzene rings is 1. The van der Waals surface area contributed by atoms with Gasteiger partial charge in [-0.25, -0.2) is 9.37 Å². The average molecular weight is 316 g/mol. The number of H-pyrrole nitrogens is 1. The zero-order valence-electron chi connectivity index (χ0n) is 9.20. The van der Waals surface area contributed by atoms with Gasteiger partial charge in [0.1, 0.15) is 11.6 Å². The van der Waals surface area contributed by atoms with Gasteiger partial charge in [0.2, 0.25) is 5.16 Å². The van der Waals surface area contributed by atoms with Crippen molar-refractivity contribution in [2.45, 2.75) is 24.3 Å². The van der Waals surface area contributed by atoms with Crippen molar-refractivity contribution in [3.8, 4) is 0 Å². The van der Waals surface area contributed by atoms with E-state index >= 15 is 0 Å². The van der Waals surface area contributed by atoms with Crippen molar-refractivity contribution in [3.05, 3.63) is 39.9 Å². The number of aromatic nitrogens is 3. The predicted molar refractivity (Wildman–Crippen MR) is 69.4 cm³/mol. The number of halogens is 2. The minimum Gasteiger partial charge on any atom is -0.262 e. The average Bonchev–Trinajstić information content (AvgIpc) is 2.76.